The van der Waals surface area contributed by atoms with Crippen molar-refractivity contribution in [1.82, 2.24) is 19.9 Å². The fourth-order valence-corrected chi connectivity index (χ4v) is 4.61. The number of aromatic nitrogens is 3. The van der Waals surface area contributed by atoms with Gasteiger partial charge in [-0.3, -0.25) is 4.90 Å². The summed E-state index contributed by atoms with van der Waals surface area (Å²) in [5.41, 5.74) is 3.93. The second-order valence-electron chi connectivity index (χ2n) is 7.20. The van der Waals surface area contributed by atoms with Crippen LogP contribution in [0.4, 0.5) is 5.82 Å². The highest BCUT2D eigenvalue weighted by Crippen LogP contribution is 2.28. The first-order valence-corrected chi connectivity index (χ1v) is 10.3. The van der Waals surface area contributed by atoms with E-state index in [-0.39, 0.29) is 0 Å². The van der Waals surface area contributed by atoms with Gasteiger partial charge in [-0.1, -0.05) is 0 Å². The second kappa shape index (κ2) is 7.38. The van der Waals surface area contributed by atoms with Crippen LogP contribution in [0.15, 0.2) is 5.38 Å². The number of nitrogens with zero attached hydrogens (tertiary/aromatic N) is 5. The molecule has 1 fully saturated rings. The summed E-state index contributed by atoms with van der Waals surface area (Å²) >= 11 is 1.75. The third-order valence-electron chi connectivity index (χ3n) is 5.21. The summed E-state index contributed by atoms with van der Waals surface area (Å²) in [5, 5.41) is 3.36. The Balaban J connectivity index is 1.48. The minimum Gasteiger partial charge on any atom is -0.355 e. The monoisotopic (exact) mass is 357 g/mol. The lowest BCUT2D eigenvalue weighted by Crippen LogP contribution is -2.32. The topological polar surface area (TPSA) is 45.2 Å². The predicted molar refractivity (Wildman–Crippen MR) is 102 cm³/mol. The van der Waals surface area contributed by atoms with E-state index in [4.69, 9.17) is 9.97 Å². The van der Waals surface area contributed by atoms with Gasteiger partial charge in [0.25, 0.3) is 0 Å². The first-order valence-electron chi connectivity index (χ1n) is 9.44. The van der Waals surface area contributed by atoms with Crippen molar-refractivity contribution >= 4 is 17.2 Å². The number of fused-ring (bicyclic) bond motifs is 1. The molecule has 0 bridgehead atoms. The van der Waals surface area contributed by atoms with Crippen LogP contribution in [0.3, 0.4) is 0 Å². The lowest BCUT2D eigenvalue weighted by Gasteiger charge is -2.27. The molecule has 25 heavy (non-hydrogen) atoms. The van der Waals surface area contributed by atoms with E-state index in [9.17, 15) is 0 Å². The fourth-order valence-electron chi connectivity index (χ4n) is 4.01. The third-order valence-corrected chi connectivity index (χ3v) is 6.04. The van der Waals surface area contributed by atoms with Gasteiger partial charge in [0.2, 0.25) is 0 Å². The van der Waals surface area contributed by atoms with Crippen molar-refractivity contribution in [2.45, 2.75) is 52.5 Å². The van der Waals surface area contributed by atoms with Gasteiger partial charge in [0.15, 0.2) is 0 Å². The summed E-state index contributed by atoms with van der Waals surface area (Å²) in [6, 6.07) is 0. The molecule has 0 atom stereocenters. The van der Waals surface area contributed by atoms with E-state index in [1.165, 1.54) is 42.0 Å². The smallest absolute Gasteiger partial charge is 0.135 e. The molecule has 134 valence electrons. The first kappa shape index (κ1) is 16.9. The van der Waals surface area contributed by atoms with E-state index in [2.05, 4.69) is 27.1 Å². The number of aryl methyl sites for hydroxylation is 3. The maximum atomic E-state index is 4.85. The first-order chi connectivity index (χ1) is 12.2. The largest absolute Gasteiger partial charge is 0.355 e. The van der Waals surface area contributed by atoms with Crippen LogP contribution >= 0.6 is 11.3 Å². The van der Waals surface area contributed by atoms with Crippen molar-refractivity contribution < 1.29 is 0 Å². The Bertz CT molecular complexity index is 741. The van der Waals surface area contributed by atoms with Gasteiger partial charge in [-0.15, -0.1) is 11.3 Å². The molecule has 0 aromatic carbocycles. The number of thiazole rings is 1. The predicted octanol–water partition coefficient (Wildman–Crippen LogP) is 3.14. The summed E-state index contributed by atoms with van der Waals surface area (Å²) in [4.78, 5) is 19.2. The molecule has 2 aromatic rings. The van der Waals surface area contributed by atoms with Crippen molar-refractivity contribution in [3.63, 3.8) is 0 Å². The van der Waals surface area contributed by atoms with Crippen LogP contribution in [-0.2, 0) is 19.4 Å². The fraction of sp³-hybridized carbons (Fsp3) is 0.632. The highest BCUT2D eigenvalue weighted by molar-refractivity contribution is 7.09. The maximum absolute atomic E-state index is 4.85. The molecule has 0 saturated carbocycles. The van der Waals surface area contributed by atoms with Crippen molar-refractivity contribution in [1.29, 1.82) is 0 Å². The molecule has 1 aliphatic heterocycles. The average Bonchev–Trinajstić information content (AvgIpc) is 2.87. The van der Waals surface area contributed by atoms with Crippen molar-refractivity contribution in [3.8, 4) is 0 Å². The van der Waals surface area contributed by atoms with Gasteiger partial charge in [0.05, 0.1) is 10.7 Å². The van der Waals surface area contributed by atoms with Crippen molar-refractivity contribution in [2.75, 3.05) is 31.1 Å². The van der Waals surface area contributed by atoms with E-state index in [1.807, 2.05) is 6.92 Å². The van der Waals surface area contributed by atoms with Gasteiger partial charge in [0, 0.05) is 49.4 Å². The Hall–Kier alpha value is -1.53. The van der Waals surface area contributed by atoms with E-state index in [1.54, 1.807) is 11.3 Å². The summed E-state index contributed by atoms with van der Waals surface area (Å²) < 4.78 is 0. The molecule has 5 nitrogen and oxygen atoms in total. The van der Waals surface area contributed by atoms with Crippen molar-refractivity contribution in [3.05, 3.63) is 33.2 Å². The summed E-state index contributed by atoms with van der Waals surface area (Å²) in [6.07, 6.45) is 5.98. The Morgan fingerprint density at radius 3 is 2.68 bits per heavy atom. The second-order valence-corrected chi connectivity index (χ2v) is 8.26. The summed E-state index contributed by atoms with van der Waals surface area (Å²) in [5.74, 6) is 2.14. The molecule has 0 radical (unpaired) electrons. The van der Waals surface area contributed by atoms with E-state index < -0.39 is 0 Å². The van der Waals surface area contributed by atoms with Gasteiger partial charge in [0.1, 0.15) is 11.6 Å². The number of hydrogen-bond acceptors (Lipinski definition) is 6. The van der Waals surface area contributed by atoms with Crippen LogP contribution in [-0.4, -0.2) is 46.0 Å². The van der Waals surface area contributed by atoms with Crippen LogP contribution in [0.5, 0.6) is 0 Å². The molecular weight excluding hydrogens is 330 g/mol. The van der Waals surface area contributed by atoms with Gasteiger partial charge < -0.3 is 4.90 Å². The minimum absolute atomic E-state index is 0.926. The van der Waals surface area contributed by atoms with Gasteiger partial charge in [-0.25, -0.2) is 15.0 Å². The SMILES string of the molecule is Cc1nc2c(c(N3CCCN(Cc4csc(C)n4)CC3)n1)CCCC2. The van der Waals surface area contributed by atoms with Gasteiger partial charge in [-0.2, -0.15) is 0 Å². The Morgan fingerprint density at radius 1 is 0.960 bits per heavy atom. The van der Waals surface area contributed by atoms with Crippen LogP contribution < -0.4 is 4.90 Å². The molecule has 2 aromatic heterocycles. The van der Waals surface area contributed by atoms with Crippen LogP contribution in [0, 0.1) is 13.8 Å². The average molecular weight is 358 g/mol. The van der Waals surface area contributed by atoms with Gasteiger partial charge in [-0.05, 0) is 46.0 Å². The molecule has 0 N–H and O–H groups in total. The van der Waals surface area contributed by atoms with Crippen LogP contribution in [0.2, 0.25) is 0 Å². The van der Waals surface area contributed by atoms with E-state index in [0.717, 1.165) is 56.4 Å². The zero-order valence-electron chi connectivity index (χ0n) is 15.3. The Morgan fingerprint density at radius 2 is 1.84 bits per heavy atom. The van der Waals surface area contributed by atoms with E-state index in [0.29, 0.717) is 0 Å². The number of hydrogen-bond donors (Lipinski definition) is 0. The maximum Gasteiger partial charge on any atom is 0.135 e. The molecular formula is C19H27N5S. The summed E-state index contributed by atoms with van der Waals surface area (Å²) in [7, 11) is 0. The molecule has 0 unspecified atom stereocenters. The molecule has 0 amide bonds. The van der Waals surface area contributed by atoms with E-state index >= 15 is 0 Å². The zero-order chi connectivity index (χ0) is 17.2. The molecule has 4 rings (SSSR count). The highest BCUT2D eigenvalue weighted by atomic mass is 32.1. The molecule has 6 heteroatoms. The molecule has 3 heterocycles. The molecule has 1 aliphatic carbocycles. The molecule has 1 saturated heterocycles. The zero-order valence-corrected chi connectivity index (χ0v) is 16.1. The highest BCUT2D eigenvalue weighted by Gasteiger charge is 2.23. The third kappa shape index (κ3) is 3.85. The normalized spacial score (nSPS) is 18.9. The standard InChI is InChI=1S/C19H27N5S/c1-14-20-18-7-4-3-6-17(18)19(21-14)24-9-5-8-23(10-11-24)12-16-13-25-15(2)22-16/h13H,3-12H2,1-2H3. The lowest BCUT2D eigenvalue weighted by molar-refractivity contribution is 0.282. The Labute approximate surface area is 154 Å². The van der Waals surface area contributed by atoms with Crippen LogP contribution in [0.1, 0.15) is 47.0 Å². The lowest BCUT2D eigenvalue weighted by atomic mass is 9.96. The molecule has 0 spiro atoms. The van der Waals surface area contributed by atoms with Crippen LogP contribution in [0.25, 0.3) is 0 Å². The number of anilines is 1. The summed E-state index contributed by atoms with van der Waals surface area (Å²) in [6.45, 7) is 9.44. The van der Waals surface area contributed by atoms with Crippen molar-refractivity contribution in [2.24, 2.45) is 0 Å². The Kier molecular flexibility index (Phi) is 4.99. The quantitative estimate of drug-likeness (QED) is 0.844. The molecule has 2 aliphatic rings. The minimum atomic E-state index is 0.926. The van der Waals surface area contributed by atoms with Gasteiger partial charge >= 0.3 is 0 Å². The number of rotatable bonds is 3.